The summed E-state index contributed by atoms with van der Waals surface area (Å²) in [6.07, 6.45) is 0. The summed E-state index contributed by atoms with van der Waals surface area (Å²) in [7, 11) is 0. The summed E-state index contributed by atoms with van der Waals surface area (Å²) in [5.41, 5.74) is 14.6. The normalized spacial score (nSPS) is 11.5. The average Bonchev–Trinajstić information content (AvgIpc) is 3.83. The number of rotatable bonds is 8. The Labute approximate surface area is 395 Å². The van der Waals surface area contributed by atoms with Crippen molar-refractivity contribution >= 4 is 71.1 Å². The molecule has 13 aromatic rings. The van der Waals surface area contributed by atoms with Gasteiger partial charge >= 0.3 is 0 Å². The lowest BCUT2D eigenvalue weighted by atomic mass is 9.91. The molecular weight excluding hydrogens is 823 g/mol. The first-order valence-electron chi connectivity index (χ1n) is 23.3. The first-order chi connectivity index (χ1) is 33.7. The van der Waals surface area contributed by atoms with Gasteiger partial charge in [0.25, 0.3) is 0 Å². The van der Waals surface area contributed by atoms with Crippen LogP contribution in [0.25, 0.3) is 110 Å². The van der Waals surface area contributed by atoms with Crippen LogP contribution < -0.4 is 4.90 Å². The number of benzene rings is 12. The molecule has 0 unspecified atom stereocenters. The third kappa shape index (κ3) is 6.90. The molecule has 1 heterocycles. The summed E-state index contributed by atoms with van der Waals surface area (Å²) >= 11 is 0. The highest BCUT2D eigenvalue weighted by Gasteiger charge is 2.23. The Morgan fingerprint density at radius 2 is 0.662 bits per heavy atom. The van der Waals surface area contributed by atoms with Gasteiger partial charge in [0.1, 0.15) is 11.3 Å². The van der Waals surface area contributed by atoms with E-state index < -0.39 is 0 Å². The lowest BCUT2D eigenvalue weighted by Crippen LogP contribution is -2.09. The molecule has 0 saturated heterocycles. The highest BCUT2D eigenvalue weighted by atomic mass is 16.3. The number of fused-ring (bicyclic) bond motifs is 8. The van der Waals surface area contributed by atoms with Crippen molar-refractivity contribution in [1.29, 1.82) is 0 Å². The van der Waals surface area contributed by atoms with Crippen LogP contribution in [0, 0.1) is 0 Å². The van der Waals surface area contributed by atoms with Gasteiger partial charge in [0.15, 0.2) is 0 Å². The molecule has 68 heavy (non-hydrogen) atoms. The van der Waals surface area contributed by atoms with Crippen LogP contribution in [0.3, 0.4) is 0 Å². The zero-order chi connectivity index (χ0) is 45.0. The van der Waals surface area contributed by atoms with Gasteiger partial charge in [0.05, 0.1) is 0 Å². The van der Waals surface area contributed by atoms with E-state index in [9.17, 15) is 0 Å². The molecule has 0 radical (unpaired) electrons. The highest BCUT2D eigenvalue weighted by Crippen LogP contribution is 2.48. The molecule has 0 aliphatic carbocycles. The van der Waals surface area contributed by atoms with Crippen molar-refractivity contribution in [3.05, 3.63) is 261 Å². The third-order valence-electron chi connectivity index (χ3n) is 13.6. The van der Waals surface area contributed by atoms with E-state index >= 15 is 0 Å². The molecule has 12 aromatic carbocycles. The van der Waals surface area contributed by atoms with Gasteiger partial charge in [-0.15, -0.1) is 0 Å². The smallest absolute Gasteiger partial charge is 0.143 e. The second-order valence-electron chi connectivity index (χ2n) is 17.6. The van der Waals surface area contributed by atoms with Gasteiger partial charge < -0.3 is 9.32 Å². The molecule has 13 rings (SSSR count). The van der Waals surface area contributed by atoms with E-state index in [-0.39, 0.29) is 0 Å². The van der Waals surface area contributed by atoms with Crippen molar-refractivity contribution in [1.82, 2.24) is 0 Å². The van der Waals surface area contributed by atoms with Crippen molar-refractivity contribution in [2.45, 2.75) is 0 Å². The van der Waals surface area contributed by atoms with E-state index in [1.165, 1.54) is 60.0 Å². The van der Waals surface area contributed by atoms with Gasteiger partial charge in [0.2, 0.25) is 0 Å². The fourth-order valence-electron chi connectivity index (χ4n) is 10.2. The minimum atomic E-state index is 0.889. The topological polar surface area (TPSA) is 16.4 Å². The Hall–Kier alpha value is -8.98. The summed E-state index contributed by atoms with van der Waals surface area (Å²) in [5.74, 6) is 0.889. The average molecular weight is 866 g/mol. The highest BCUT2D eigenvalue weighted by molar-refractivity contribution is 6.29. The monoisotopic (exact) mass is 865 g/mol. The summed E-state index contributed by atoms with van der Waals surface area (Å²) in [5, 5.41) is 10.8. The van der Waals surface area contributed by atoms with Gasteiger partial charge in [-0.25, -0.2) is 0 Å². The second kappa shape index (κ2) is 16.5. The zero-order valence-corrected chi connectivity index (χ0v) is 37.2. The summed E-state index contributed by atoms with van der Waals surface area (Å²) in [6.45, 7) is 0. The molecule has 0 spiro atoms. The van der Waals surface area contributed by atoms with Gasteiger partial charge in [-0.05, 0) is 131 Å². The van der Waals surface area contributed by atoms with Crippen LogP contribution >= 0.6 is 0 Å². The first-order valence-corrected chi connectivity index (χ1v) is 23.3. The predicted molar refractivity (Wildman–Crippen MR) is 288 cm³/mol. The second-order valence-corrected chi connectivity index (χ2v) is 17.6. The van der Waals surface area contributed by atoms with E-state index in [1.54, 1.807) is 0 Å². The summed E-state index contributed by atoms with van der Waals surface area (Å²) in [4.78, 5) is 2.36. The maximum atomic E-state index is 6.97. The third-order valence-corrected chi connectivity index (χ3v) is 13.6. The quantitative estimate of drug-likeness (QED) is 0.142. The van der Waals surface area contributed by atoms with Crippen LogP contribution in [0.4, 0.5) is 17.1 Å². The summed E-state index contributed by atoms with van der Waals surface area (Å²) < 4.78 is 6.97. The van der Waals surface area contributed by atoms with Crippen molar-refractivity contribution in [2.75, 3.05) is 4.90 Å². The van der Waals surface area contributed by atoms with Gasteiger partial charge in [-0.2, -0.15) is 0 Å². The van der Waals surface area contributed by atoms with Gasteiger partial charge in [-0.1, -0.05) is 206 Å². The van der Waals surface area contributed by atoms with E-state index in [1.807, 2.05) is 0 Å². The molecule has 1 aromatic heterocycles. The molecule has 0 fully saturated rings. The van der Waals surface area contributed by atoms with Crippen molar-refractivity contribution < 1.29 is 4.42 Å². The molecule has 0 N–H and O–H groups in total. The molecule has 0 saturated carbocycles. The molecule has 318 valence electrons. The van der Waals surface area contributed by atoms with Gasteiger partial charge in [-0.3, -0.25) is 0 Å². The molecule has 0 bridgehead atoms. The number of hydrogen-bond donors (Lipinski definition) is 0. The van der Waals surface area contributed by atoms with Crippen molar-refractivity contribution in [3.63, 3.8) is 0 Å². The lowest BCUT2D eigenvalue weighted by Gasteiger charge is -2.26. The molecule has 2 heteroatoms. The maximum Gasteiger partial charge on any atom is 0.143 e. The maximum absolute atomic E-state index is 6.97. The van der Waals surface area contributed by atoms with Crippen LogP contribution in [0.2, 0.25) is 0 Å². The standard InChI is InChI=1S/C66H43NO/c1-3-15-49(16-4-1)63-64-60-40-33-55(43-62(60)59-21-11-12-22-61(59)66(64)68-65(63)50-17-5-2-6-18-50)48-31-38-58(39-32-48)67(56-34-27-46(28-35-56)53-25-23-44-13-7-9-19-51(44)41-53)57-36-29-47(30-37-57)54-26-24-45-14-8-10-20-52(45)42-54/h1-43H. The van der Waals surface area contributed by atoms with Crippen LogP contribution in [0.5, 0.6) is 0 Å². The minimum absolute atomic E-state index is 0.889. The van der Waals surface area contributed by atoms with Crippen LogP contribution in [-0.2, 0) is 0 Å². The van der Waals surface area contributed by atoms with E-state index in [2.05, 4.69) is 266 Å². The Morgan fingerprint density at radius 3 is 1.19 bits per heavy atom. The lowest BCUT2D eigenvalue weighted by molar-refractivity contribution is 0.636. The van der Waals surface area contributed by atoms with Crippen LogP contribution in [0.15, 0.2) is 265 Å². The molecular formula is C66H43NO. The zero-order valence-electron chi connectivity index (χ0n) is 37.2. The van der Waals surface area contributed by atoms with Crippen molar-refractivity contribution in [3.8, 4) is 55.8 Å². The minimum Gasteiger partial charge on any atom is -0.455 e. The predicted octanol–water partition coefficient (Wildman–Crippen LogP) is 18.9. The molecule has 0 aliphatic heterocycles. The Bertz CT molecular complexity index is 3860. The van der Waals surface area contributed by atoms with E-state index in [4.69, 9.17) is 4.42 Å². The van der Waals surface area contributed by atoms with Crippen molar-refractivity contribution in [2.24, 2.45) is 0 Å². The molecule has 0 amide bonds. The summed E-state index contributed by atoms with van der Waals surface area (Å²) in [6, 6.07) is 94.3. The number of nitrogens with zero attached hydrogens (tertiary/aromatic N) is 1. The number of furan rings is 1. The van der Waals surface area contributed by atoms with E-state index in [0.717, 1.165) is 67.0 Å². The fraction of sp³-hybridized carbons (Fsp3) is 0. The molecule has 0 atom stereocenters. The van der Waals surface area contributed by atoms with Gasteiger partial charge in [0, 0.05) is 39.0 Å². The number of hydrogen-bond acceptors (Lipinski definition) is 2. The Balaban J connectivity index is 0.910. The van der Waals surface area contributed by atoms with E-state index in [0.29, 0.717) is 0 Å². The van der Waals surface area contributed by atoms with Crippen LogP contribution in [-0.4, -0.2) is 0 Å². The Kier molecular flexibility index (Phi) is 9.54. The molecule has 2 nitrogen and oxygen atoms in total. The number of anilines is 3. The Morgan fingerprint density at radius 1 is 0.250 bits per heavy atom. The SMILES string of the molecule is c1ccc(-c2oc3c4ccccc4c4cc(-c5ccc(N(c6ccc(-c7ccc8ccccc8c7)cc6)c6ccc(-c7ccc8ccccc8c7)cc6)cc5)ccc4c3c2-c2ccccc2)cc1. The molecule has 0 aliphatic rings. The van der Waals surface area contributed by atoms with Crippen LogP contribution in [0.1, 0.15) is 0 Å². The largest absolute Gasteiger partial charge is 0.455 e. The first kappa shape index (κ1) is 39.4. The fourth-order valence-corrected chi connectivity index (χ4v) is 10.2.